The predicted molar refractivity (Wildman–Crippen MR) is 200 cm³/mol. The molecule has 0 bridgehead atoms. The van der Waals surface area contributed by atoms with Crippen molar-refractivity contribution < 1.29 is 22.7 Å². The van der Waals surface area contributed by atoms with Gasteiger partial charge in [-0.05, 0) is 93.0 Å². The molecule has 6 rings (SSSR count). The lowest BCUT2D eigenvalue weighted by Gasteiger charge is -2.36. The van der Waals surface area contributed by atoms with E-state index in [-0.39, 0.29) is 11.2 Å². The first-order valence-electron chi connectivity index (χ1n) is 17.5. The van der Waals surface area contributed by atoms with E-state index in [1.54, 1.807) is 17.8 Å². The molecule has 2 aliphatic heterocycles. The number of nitrogens with zero attached hydrogens (tertiary/aromatic N) is 4. The topological polar surface area (TPSA) is 39.3 Å². The molecule has 50 heavy (non-hydrogen) atoms. The van der Waals surface area contributed by atoms with Crippen LogP contribution in [0.3, 0.4) is 0 Å². The molecule has 0 saturated carbocycles. The minimum absolute atomic E-state index is 0.202. The number of rotatable bonds is 13. The second kappa shape index (κ2) is 16.3. The zero-order chi connectivity index (χ0) is 35.3. The van der Waals surface area contributed by atoms with Crippen molar-refractivity contribution in [2.45, 2.75) is 53.3 Å². The van der Waals surface area contributed by atoms with Gasteiger partial charge in [-0.25, -0.2) is 0 Å². The quantitative estimate of drug-likeness (QED) is 0.100. The molecule has 1 saturated heterocycles. The van der Waals surface area contributed by atoms with Crippen LogP contribution in [-0.4, -0.2) is 86.5 Å². The number of carbonyl (C=O) groups excluding carboxylic acids is 1. The van der Waals surface area contributed by atoms with Crippen molar-refractivity contribution in [3.8, 4) is 0 Å². The van der Waals surface area contributed by atoms with E-state index in [0.717, 1.165) is 83.4 Å². The molecule has 1 atom stereocenters. The Labute approximate surface area is 301 Å². The average Bonchev–Trinajstić information content (AvgIpc) is 3.12. The molecule has 0 radical (unpaired) electrons. The van der Waals surface area contributed by atoms with Crippen molar-refractivity contribution in [1.29, 1.82) is 0 Å². The maximum Gasteiger partial charge on any atom is 0.416 e. The normalized spacial score (nSPS) is 15.8. The van der Waals surface area contributed by atoms with Gasteiger partial charge >= 0.3 is 12.1 Å². The summed E-state index contributed by atoms with van der Waals surface area (Å²) in [5.41, 5.74) is 2.15. The molecule has 0 N–H and O–H groups in total. The molecule has 6 nitrogen and oxygen atoms in total. The number of para-hydroxylation sites is 1. The second-order valence-corrected chi connectivity index (χ2v) is 15.2. The third-order valence-electron chi connectivity index (χ3n) is 9.52. The lowest BCUT2D eigenvalue weighted by Crippen LogP contribution is -2.47. The molecule has 0 aromatic heterocycles. The number of piperazine rings is 1. The summed E-state index contributed by atoms with van der Waals surface area (Å²) in [7, 11) is 0. The SMILES string of the molecule is CCN(CC)c1ccc2cccc(SC(C)C(=O)OCCN3CCN(CCCN4c5ccccc5Sc5ccc(C(F)(F)F)cc54)CC3)c2c1. The Balaban J connectivity index is 0.953. The van der Waals surface area contributed by atoms with Crippen LogP contribution in [0.25, 0.3) is 10.8 Å². The van der Waals surface area contributed by atoms with Crippen molar-refractivity contribution in [3.63, 3.8) is 0 Å². The number of anilines is 3. The maximum absolute atomic E-state index is 13.6. The number of alkyl halides is 3. The number of ether oxygens (including phenoxy) is 1. The molecule has 0 spiro atoms. The predicted octanol–water partition coefficient (Wildman–Crippen LogP) is 9.04. The van der Waals surface area contributed by atoms with Crippen LogP contribution < -0.4 is 9.80 Å². The molecular weight excluding hydrogens is 678 g/mol. The first-order valence-corrected chi connectivity index (χ1v) is 19.2. The monoisotopic (exact) mass is 722 g/mol. The van der Waals surface area contributed by atoms with Gasteiger partial charge in [-0.1, -0.05) is 42.1 Å². The van der Waals surface area contributed by atoms with Crippen LogP contribution in [-0.2, 0) is 15.7 Å². The first kappa shape index (κ1) is 36.4. The number of carbonyl (C=O) groups is 1. The number of halogens is 3. The number of benzene rings is 4. The molecule has 2 aliphatic rings. The zero-order valence-corrected chi connectivity index (χ0v) is 30.5. The molecule has 2 heterocycles. The van der Waals surface area contributed by atoms with Crippen LogP contribution in [0.2, 0.25) is 0 Å². The highest BCUT2D eigenvalue weighted by molar-refractivity contribution is 8.00. The van der Waals surface area contributed by atoms with Crippen LogP contribution in [0.5, 0.6) is 0 Å². The van der Waals surface area contributed by atoms with E-state index in [0.29, 0.717) is 25.4 Å². The Morgan fingerprint density at radius 3 is 2.32 bits per heavy atom. The summed E-state index contributed by atoms with van der Waals surface area (Å²) in [4.78, 5) is 25.1. The van der Waals surface area contributed by atoms with E-state index >= 15 is 0 Å². The Bertz CT molecular complexity index is 1780. The van der Waals surface area contributed by atoms with Crippen molar-refractivity contribution in [2.24, 2.45) is 0 Å². The van der Waals surface area contributed by atoms with Crippen LogP contribution >= 0.6 is 23.5 Å². The summed E-state index contributed by atoms with van der Waals surface area (Å²) < 4.78 is 46.5. The Morgan fingerprint density at radius 2 is 1.58 bits per heavy atom. The van der Waals surface area contributed by atoms with Gasteiger partial charge in [0.05, 0.1) is 16.9 Å². The summed E-state index contributed by atoms with van der Waals surface area (Å²) in [6.07, 6.45) is -3.56. The van der Waals surface area contributed by atoms with Gasteiger partial charge in [0, 0.05) is 72.7 Å². The van der Waals surface area contributed by atoms with Crippen molar-refractivity contribution in [2.75, 3.05) is 75.3 Å². The van der Waals surface area contributed by atoms with E-state index < -0.39 is 11.7 Å². The molecule has 1 fully saturated rings. The lowest BCUT2D eigenvalue weighted by molar-refractivity contribution is -0.143. The van der Waals surface area contributed by atoms with E-state index in [2.05, 4.69) is 58.9 Å². The van der Waals surface area contributed by atoms with Crippen LogP contribution in [0.1, 0.15) is 32.8 Å². The van der Waals surface area contributed by atoms with Gasteiger partial charge in [0.1, 0.15) is 11.9 Å². The second-order valence-electron chi connectivity index (χ2n) is 12.7. The molecule has 266 valence electrons. The third-order valence-corrected chi connectivity index (χ3v) is 11.8. The minimum Gasteiger partial charge on any atom is -0.463 e. The van der Waals surface area contributed by atoms with Gasteiger partial charge < -0.3 is 19.4 Å². The van der Waals surface area contributed by atoms with Gasteiger partial charge in [0.25, 0.3) is 0 Å². The summed E-state index contributed by atoms with van der Waals surface area (Å²) in [5, 5.41) is 1.98. The minimum atomic E-state index is -4.38. The molecule has 11 heteroatoms. The molecule has 0 aliphatic carbocycles. The number of fused-ring (bicyclic) bond motifs is 3. The van der Waals surface area contributed by atoms with Gasteiger partial charge in [-0.3, -0.25) is 9.69 Å². The van der Waals surface area contributed by atoms with Crippen molar-refractivity contribution >= 4 is 57.3 Å². The first-order chi connectivity index (χ1) is 24.1. The molecule has 0 amide bonds. The van der Waals surface area contributed by atoms with E-state index in [1.807, 2.05) is 42.2 Å². The lowest BCUT2D eigenvalue weighted by atomic mass is 10.1. The van der Waals surface area contributed by atoms with Gasteiger partial charge in [-0.2, -0.15) is 13.2 Å². The Morgan fingerprint density at radius 1 is 0.860 bits per heavy atom. The number of thioether (sulfide) groups is 1. The number of esters is 1. The third kappa shape index (κ3) is 8.55. The summed E-state index contributed by atoms with van der Waals surface area (Å²) in [6.45, 7) is 14.2. The van der Waals surface area contributed by atoms with Crippen LogP contribution in [0, 0.1) is 0 Å². The highest BCUT2D eigenvalue weighted by Gasteiger charge is 2.33. The number of hydrogen-bond acceptors (Lipinski definition) is 8. The average molecular weight is 723 g/mol. The Kier molecular flexibility index (Phi) is 11.9. The summed E-state index contributed by atoms with van der Waals surface area (Å²) >= 11 is 3.07. The van der Waals surface area contributed by atoms with Crippen molar-refractivity contribution in [1.82, 2.24) is 9.80 Å². The largest absolute Gasteiger partial charge is 0.463 e. The molecular formula is C39H45F3N4O2S2. The van der Waals surface area contributed by atoms with Crippen LogP contribution in [0.15, 0.2) is 93.5 Å². The molecule has 4 aromatic carbocycles. The fourth-order valence-electron chi connectivity index (χ4n) is 6.69. The van der Waals surface area contributed by atoms with Crippen LogP contribution in [0.4, 0.5) is 30.2 Å². The van der Waals surface area contributed by atoms with E-state index in [4.69, 9.17) is 4.74 Å². The molecule has 4 aromatic rings. The Hall–Kier alpha value is -3.38. The van der Waals surface area contributed by atoms with E-state index in [1.165, 1.54) is 29.6 Å². The summed E-state index contributed by atoms with van der Waals surface area (Å²) in [6, 6.07) is 24.7. The van der Waals surface area contributed by atoms with Crippen molar-refractivity contribution in [3.05, 3.63) is 84.4 Å². The highest BCUT2D eigenvalue weighted by atomic mass is 32.2. The number of hydrogen-bond donors (Lipinski definition) is 0. The smallest absolute Gasteiger partial charge is 0.416 e. The maximum atomic E-state index is 13.6. The van der Waals surface area contributed by atoms with Gasteiger partial charge in [-0.15, -0.1) is 11.8 Å². The summed E-state index contributed by atoms with van der Waals surface area (Å²) in [5.74, 6) is -0.202. The molecule has 1 unspecified atom stereocenters. The highest BCUT2D eigenvalue weighted by Crippen LogP contribution is 2.49. The fourth-order valence-corrected chi connectivity index (χ4v) is 8.77. The fraction of sp³-hybridized carbons (Fsp3) is 0.410. The standard InChI is InChI=1S/C39H45F3N4O2S2/c1-4-45(5-2)31-16-14-29-10-8-13-35(32(29)27-31)49-28(3)38(47)48-25-24-44-22-20-43(21-23-44)18-9-19-46-33-11-6-7-12-36(33)50-37-17-15-30(26-34(37)46)39(40,41)42/h6-8,10-17,26-28H,4-5,9,18-25H2,1-3H3. The zero-order valence-electron chi connectivity index (χ0n) is 28.9. The van der Waals surface area contributed by atoms with E-state index in [9.17, 15) is 18.0 Å². The van der Waals surface area contributed by atoms with Gasteiger partial charge in [0.2, 0.25) is 0 Å². The van der Waals surface area contributed by atoms with Gasteiger partial charge in [0.15, 0.2) is 0 Å².